The van der Waals surface area contributed by atoms with E-state index in [0.717, 1.165) is 49.3 Å². The predicted molar refractivity (Wildman–Crippen MR) is 123 cm³/mol. The Hall–Kier alpha value is -2.09. The molecule has 2 aromatic carbocycles. The van der Waals surface area contributed by atoms with Gasteiger partial charge in [0.2, 0.25) is 15.9 Å². The molecule has 5 rings (SSSR count). The molecule has 2 bridgehead atoms. The molecule has 0 aromatic heterocycles. The fraction of sp³-hybridized carbons (Fsp3) is 0.409. The lowest BCUT2D eigenvalue weighted by Crippen LogP contribution is -2.51. The summed E-state index contributed by atoms with van der Waals surface area (Å²) < 4.78 is 25.9. The van der Waals surface area contributed by atoms with E-state index in [1.807, 2.05) is 36.4 Å². The Morgan fingerprint density at radius 2 is 1.50 bits per heavy atom. The van der Waals surface area contributed by atoms with Gasteiger partial charge in [-0.15, -0.1) is 12.4 Å². The number of fused-ring (bicyclic) bond motifs is 3. The summed E-state index contributed by atoms with van der Waals surface area (Å²) in [5, 5.41) is 3.07. The lowest BCUT2D eigenvalue weighted by Gasteiger charge is -2.43. The van der Waals surface area contributed by atoms with Gasteiger partial charge in [-0.3, -0.25) is 9.52 Å². The van der Waals surface area contributed by atoms with Crippen LogP contribution in [-0.4, -0.2) is 44.6 Å². The van der Waals surface area contributed by atoms with Crippen molar-refractivity contribution in [2.24, 2.45) is 11.8 Å². The number of piperidine rings is 3. The second-order valence-corrected chi connectivity index (χ2v) is 9.90. The minimum Gasteiger partial charge on any atom is -0.326 e. The van der Waals surface area contributed by atoms with Crippen LogP contribution in [0.15, 0.2) is 48.5 Å². The molecule has 3 heterocycles. The van der Waals surface area contributed by atoms with Gasteiger partial charge in [-0.25, -0.2) is 8.42 Å². The van der Waals surface area contributed by atoms with Crippen LogP contribution in [0.3, 0.4) is 0 Å². The average Bonchev–Trinajstić information content (AvgIpc) is 2.75. The standard InChI is InChI=1S/C22H27N3O3S.ClH/c1-2-29(27,28)24-20-9-5-17(6-10-20)16-3-7-19(8-4-16)23-22(26)21-15-25-13-11-18(21)12-14-25;/h3-10,18,21,24H,2,11-15H2,1H3,(H,23,26);1H. The SMILES string of the molecule is CCS(=O)(=O)Nc1ccc(-c2ccc(NC(=O)C3CN4CCC3CC4)cc2)cc1.Cl. The highest BCUT2D eigenvalue weighted by molar-refractivity contribution is 7.92. The Morgan fingerprint density at radius 1 is 0.967 bits per heavy atom. The highest BCUT2D eigenvalue weighted by Crippen LogP contribution is 2.33. The first-order valence-electron chi connectivity index (χ1n) is 10.2. The first-order valence-corrected chi connectivity index (χ1v) is 11.8. The Kier molecular flexibility index (Phi) is 7.06. The molecule has 3 aliphatic heterocycles. The van der Waals surface area contributed by atoms with Crippen LogP contribution in [0.1, 0.15) is 19.8 Å². The maximum atomic E-state index is 12.7. The number of amides is 1. The van der Waals surface area contributed by atoms with Gasteiger partial charge in [0.15, 0.2) is 0 Å². The summed E-state index contributed by atoms with van der Waals surface area (Å²) in [6, 6.07) is 15.1. The molecule has 0 radical (unpaired) electrons. The zero-order valence-electron chi connectivity index (χ0n) is 17.0. The van der Waals surface area contributed by atoms with Gasteiger partial charge in [0.05, 0.1) is 11.7 Å². The van der Waals surface area contributed by atoms with E-state index in [9.17, 15) is 13.2 Å². The third-order valence-corrected chi connectivity index (χ3v) is 7.32. The zero-order chi connectivity index (χ0) is 20.4. The average molecular weight is 450 g/mol. The first kappa shape index (κ1) is 22.6. The summed E-state index contributed by atoms with van der Waals surface area (Å²) in [4.78, 5) is 15.1. The number of halogens is 1. The molecule has 6 nitrogen and oxygen atoms in total. The van der Waals surface area contributed by atoms with Gasteiger partial charge in [-0.05, 0) is 74.2 Å². The maximum absolute atomic E-state index is 12.7. The van der Waals surface area contributed by atoms with Crippen molar-refractivity contribution < 1.29 is 13.2 Å². The van der Waals surface area contributed by atoms with E-state index in [0.29, 0.717) is 11.6 Å². The minimum absolute atomic E-state index is 0. The summed E-state index contributed by atoms with van der Waals surface area (Å²) in [5.41, 5.74) is 3.36. The summed E-state index contributed by atoms with van der Waals surface area (Å²) in [6.45, 7) is 4.74. The highest BCUT2D eigenvalue weighted by Gasteiger charge is 2.38. The molecule has 2 N–H and O–H groups in total. The fourth-order valence-corrected chi connectivity index (χ4v) is 4.87. The largest absolute Gasteiger partial charge is 0.326 e. The molecule has 3 fully saturated rings. The van der Waals surface area contributed by atoms with Crippen molar-refractivity contribution in [2.75, 3.05) is 35.4 Å². The van der Waals surface area contributed by atoms with Crippen LogP contribution in [0, 0.1) is 11.8 Å². The number of nitrogens with zero attached hydrogens (tertiary/aromatic N) is 1. The van der Waals surface area contributed by atoms with Crippen molar-refractivity contribution in [1.82, 2.24) is 4.90 Å². The van der Waals surface area contributed by atoms with Gasteiger partial charge in [0.25, 0.3) is 0 Å². The Labute approximate surface area is 184 Å². The highest BCUT2D eigenvalue weighted by atomic mass is 35.5. The van der Waals surface area contributed by atoms with E-state index >= 15 is 0 Å². The van der Waals surface area contributed by atoms with E-state index in [1.54, 1.807) is 19.1 Å². The zero-order valence-corrected chi connectivity index (χ0v) is 18.6. The van der Waals surface area contributed by atoms with Gasteiger partial charge in [-0.2, -0.15) is 0 Å². The number of sulfonamides is 1. The molecule has 162 valence electrons. The van der Waals surface area contributed by atoms with Crippen LogP contribution in [0.2, 0.25) is 0 Å². The van der Waals surface area contributed by atoms with E-state index in [2.05, 4.69) is 14.9 Å². The van der Waals surface area contributed by atoms with Crippen molar-refractivity contribution in [3.05, 3.63) is 48.5 Å². The normalized spacial score (nSPS) is 22.8. The molecule has 30 heavy (non-hydrogen) atoms. The smallest absolute Gasteiger partial charge is 0.232 e. The van der Waals surface area contributed by atoms with E-state index in [-0.39, 0.29) is 30.0 Å². The van der Waals surface area contributed by atoms with Crippen molar-refractivity contribution in [1.29, 1.82) is 0 Å². The van der Waals surface area contributed by atoms with Crippen LogP contribution < -0.4 is 10.0 Å². The molecule has 0 aliphatic carbocycles. The van der Waals surface area contributed by atoms with Crippen molar-refractivity contribution in [2.45, 2.75) is 19.8 Å². The number of nitrogens with one attached hydrogen (secondary N) is 2. The maximum Gasteiger partial charge on any atom is 0.232 e. The minimum atomic E-state index is -3.27. The quantitative estimate of drug-likeness (QED) is 0.702. The van der Waals surface area contributed by atoms with Gasteiger partial charge < -0.3 is 10.2 Å². The van der Waals surface area contributed by atoms with E-state index < -0.39 is 10.0 Å². The van der Waals surface area contributed by atoms with Gasteiger partial charge in [0.1, 0.15) is 0 Å². The number of carbonyl (C=O) groups is 1. The molecule has 3 saturated heterocycles. The van der Waals surface area contributed by atoms with Crippen LogP contribution >= 0.6 is 12.4 Å². The van der Waals surface area contributed by atoms with Crippen molar-refractivity contribution >= 4 is 39.7 Å². The topological polar surface area (TPSA) is 78.5 Å². The van der Waals surface area contributed by atoms with Crippen LogP contribution in [-0.2, 0) is 14.8 Å². The fourth-order valence-electron chi connectivity index (χ4n) is 4.23. The van der Waals surface area contributed by atoms with Crippen LogP contribution in [0.4, 0.5) is 11.4 Å². The van der Waals surface area contributed by atoms with Crippen LogP contribution in [0.25, 0.3) is 11.1 Å². The molecule has 1 atom stereocenters. The molecular weight excluding hydrogens is 422 g/mol. The molecular formula is C22H28ClN3O3S. The molecule has 1 amide bonds. The summed E-state index contributed by atoms with van der Waals surface area (Å²) in [6.07, 6.45) is 2.25. The third kappa shape index (κ3) is 5.14. The Morgan fingerprint density at radius 3 is 1.97 bits per heavy atom. The lowest BCUT2D eigenvalue weighted by atomic mass is 9.78. The van der Waals surface area contributed by atoms with Gasteiger partial charge in [0, 0.05) is 17.9 Å². The van der Waals surface area contributed by atoms with Gasteiger partial charge in [-0.1, -0.05) is 24.3 Å². The first-order chi connectivity index (χ1) is 13.9. The van der Waals surface area contributed by atoms with Crippen LogP contribution in [0.5, 0.6) is 0 Å². The number of hydrogen-bond donors (Lipinski definition) is 2. The molecule has 0 saturated carbocycles. The lowest BCUT2D eigenvalue weighted by molar-refractivity contribution is -0.125. The Balaban J connectivity index is 0.00000256. The number of anilines is 2. The molecule has 3 aliphatic rings. The predicted octanol–water partition coefficient (Wildman–Crippen LogP) is 3.82. The number of rotatable bonds is 6. The molecule has 8 heteroatoms. The van der Waals surface area contributed by atoms with Crippen molar-refractivity contribution in [3.63, 3.8) is 0 Å². The number of hydrogen-bond acceptors (Lipinski definition) is 4. The second-order valence-electron chi connectivity index (χ2n) is 7.89. The second kappa shape index (κ2) is 9.37. The summed E-state index contributed by atoms with van der Waals surface area (Å²) in [5.74, 6) is 0.779. The van der Waals surface area contributed by atoms with E-state index in [1.165, 1.54) is 0 Å². The van der Waals surface area contributed by atoms with Gasteiger partial charge >= 0.3 is 0 Å². The monoisotopic (exact) mass is 449 g/mol. The summed E-state index contributed by atoms with van der Waals surface area (Å²) in [7, 11) is -3.27. The molecule has 1 unspecified atom stereocenters. The summed E-state index contributed by atoms with van der Waals surface area (Å²) >= 11 is 0. The molecule has 2 aromatic rings. The Bertz CT molecular complexity index is 970. The third-order valence-electron chi connectivity index (χ3n) is 6.02. The van der Waals surface area contributed by atoms with E-state index in [4.69, 9.17) is 0 Å². The molecule has 0 spiro atoms. The number of benzene rings is 2. The number of carbonyl (C=O) groups excluding carboxylic acids is 1. The van der Waals surface area contributed by atoms with Crippen molar-refractivity contribution in [3.8, 4) is 11.1 Å².